The van der Waals surface area contributed by atoms with Crippen LogP contribution in [0.15, 0.2) is 175 Å². The molecule has 12 rings (SSSR count). The van der Waals surface area contributed by atoms with E-state index >= 15 is 0 Å². The molecule has 0 bridgehead atoms. The Balaban J connectivity index is 0.000000211. The number of nitrogens with zero attached hydrogens (tertiary/aromatic N) is 3. The molecule has 3 atom stereocenters. The first-order chi connectivity index (χ1) is 42.8. The van der Waals surface area contributed by atoms with E-state index in [1.54, 1.807) is 17.5 Å². The number of esters is 3. The van der Waals surface area contributed by atoms with E-state index in [1.807, 2.05) is 85.0 Å². The second-order valence-corrected chi connectivity index (χ2v) is 26.4. The molecule has 0 spiro atoms. The van der Waals surface area contributed by atoms with Gasteiger partial charge in [-0.2, -0.15) is 0 Å². The maximum Gasteiger partial charge on any atom is 1.00 e. The molecule has 90 heavy (non-hydrogen) atoms. The van der Waals surface area contributed by atoms with Gasteiger partial charge in [-0.05, 0) is 168 Å². The monoisotopic (exact) mass is 1380 g/mol. The molecule has 3 aromatic carbocycles. The summed E-state index contributed by atoms with van der Waals surface area (Å²) >= 11 is 6.68. The zero-order valence-corrected chi connectivity index (χ0v) is 60.4. The van der Waals surface area contributed by atoms with Gasteiger partial charge in [-0.15, -0.1) is 34.0 Å². The first kappa shape index (κ1) is 71.6. The molecular weight excluding hydrogens is 1300 g/mol. The molecule has 1 aliphatic heterocycles. The number of thiophene rings is 3. The number of benzene rings is 3. The molecule has 15 heteroatoms. The number of aromatic nitrogens is 2. The Hall–Kier alpha value is -5.82. The average Bonchev–Trinajstić information content (AvgIpc) is 1.78. The first-order valence-corrected chi connectivity index (χ1v) is 35.0. The van der Waals surface area contributed by atoms with Crippen molar-refractivity contribution in [1.29, 1.82) is 0 Å². The van der Waals surface area contributed by atoms with Crippen molar-refractivity contribution in [3.8, 4) is 53.6 Å². The van der Waals surface area contributed by atoms with Crippen LogP contribution >= 0.6 is 56.6 Å². The standard InChI is InChI=1S/C25H29NO2S.C25H26NO2S.C24H23NO2S.CH3I.B.Na.H/c2*1-17-9-11-18(12-10-17)22-16-26(2)14-13-20(22)21-15-23(19-7-5-4-6-8-19)29-24(21)25(27)28-3;1-16-8-10-17(11-9-16)21-15-25-13-12-19(21)20-14-22(18-6-4-3-5-7-18)28-23(20)24(26)27-2;1-2;;;/h4-8,11,15,17H,9-10,12-14,16H2,1-3H3;4-8,11,13-17H,9-10,12H2,1-3H3;3-7,10,12-16H,8-9,11H2,1-2H3;1H3;;;/q;+1;;;;+1;-1. The van der Waals surface area contributed by atoms with Crippen LogP contribution in [-0.4, -0.2) is 82.6 Å². The molecule has 0 amide bonds. The summed E-state index contributed by atoms with van der Waals surface area (Å²) in [6.45, 7) is 8.89. The number of aryl methyl sites for hydroxylation is 1. The number of methoxy groups -OCH3 is 3. The fourth-order valence-corrected chi connectivity index (χ4v) is 15.2. The molecule has 0 fully saturated rings. The Morgan fingerprint density at radius 2 is 0.933 bits per heavy atom. The molecule has 0 saturated heterocycles. The van der Waals surface area contributed by atoms with Crippen LogP contribution in [0.25, 0.3) is 70.3 Å². The Labute approximate surface area is 584 Å². The summed E-state index contributed by atoms with van der Waals surface area (Å²) in [5.41, 5.74) is 17.7. The number of alkyl halides is 1. The van der Waals surface area contributed by atoms with E-state index in [0.717, 1.165) is 145 Å². The molecular formula is C75H82BIN3NaO6S3+. The maximum atomic E-state index is 12.7. The molecule has 3 unspecified atom stereocenters. The normalized spacial score (nSPS) is 17.1. The Kier molecular flexibility index (Phi) is 27.6. The third-order valence-corrected chi connectivity index (χ3v) is 20.4. The number of hydrogen-bond donors (Lipinski definition) is 0. The van der Waals surface area contributed by atoms with Crippen molar-refractivity contribution < 1.29 is 64.1 Å². The van der Waals surface area contributed by atoms with Crippen LogP contribution in [0.3, 0.4) is 0 Å². The fourth-order valence-electron chi connectivity index (χ4n) is 11.9. The number of likely N-dealkylation sites (N-methyl/N-ethyl adjacent to an activating group) is 1. The first-order valence-electron chi connectivity index (χ1n) is 30.4. The largest absolute Gasteiger partial charge is 1.00 e. The van der Waals surface area contributed by atoms with Crippen molar-refractivity contribution in [3.63, 3.8) is 0 Å². The average molecular weight is 1380 g/mol. The number of allylic oxidation sites excluding steroid dienone is 5. The number of carbonyl (C=O) groups excluding carboxylic acids is 3. The summed E-state index contributed by atoms with van der Waals surface area (Å²) in [4.78, 5) is 51.8. The topological polar surface area (TPSA) is 98.9 Å². The van der Waals surface area contributed by atoms with Gasteiger partial charge in [0, 0.05) is 88.0 Å². The number of ether oxygens (including phenoxy) is 3. The van der Waals surface area contributed by atoms with E-state index in [-0.39, 0.29) is 57.3 Å². The smallest absolute Gasteiger partial charge is 1.00 e. The molecule has 0 saturated carbocycles. The van der Waals surface area contributed by atoms with Gasteiger partial charge in [0.15, 0.2) is 12.4 Å². The van der Waals surface area contributed by atoms with Crippen molar-refractivity contribution in [2.75, 3.05) is 46.4 Å². The quantitative estimate of drug-likeness (QED) is 0.0298. The third kappa shape index (κ3) is 17.7. The summed E-state index contributed by atoms with van der Waals surface area (Å²) in [5.74, 6) is 1.41. The van der Waals surface area contributed by atoms with Crippen molar-refractivity contribution in [2.45, 2.75) is 85.0 Å². The number of rotatable bonds is 12. The van der Waals surface area contributed by atoms with E-state index in [9.17, 15) is 14.4 Å². The Morgan fingerprint density at radius 3 is 1.36 bits per heavy atom. The van der Waals surface area contributed by atoms with Crippen LogP contribution in [-0.2, 0) is 21.3 Å². The number of hydrogen-bond acceptors (Lipinski definition) is 11. The van der Waals surface area contributed by atoms with E-state index in [0.29, 0.717) is 9.75 Å². The van der Waals surface area contributed by atoms with Crippen molar-refractivity contribution in [3.05, 3.63) is 207 Å². The van der Waals surface area contributed by atoms with E-state index in [1.165, 1.54) is 96.7 Å². The molecule has 0 N–H and O–H groups in total. The third-order valence-electron chi connectivity index (χ3n) is 16.9. The zero-order chi connectivity index (χ0) is 62.3. The van der Waals surface area contributed by atoms with Gasteiger partial charge in [-0.25, -0.2) is 19.0 Å². The van der Waals surface area contributed by atoms with Crippen molar-refractivity contribution in [1.82, 2.24) is 9.88 Å². The Morgan fingerprint density at radius 1 is 0.533 bits per heavy atom. The molecule has 5 aromatic heterocycles. The van der Waals surface area contributed by atoms with Gasteiger partial charge < -0.3 is 20.5 Å². The van der Waals surface area contributed by atoms with E-state index in [4.69, 9.17) is 14.2 Å². The van der Waals surface area contributed by atoms with Gasteiger partial charge in [-0.1, -0.05) is 153 Å². The zero-order valence-electron chi connectivity index (χ0n) is 54.8. The van der Waals surface area contributed by atoms with Gasteiger partial charge in [0.2, 0.25) is 0 Å². The minimum Gasteiger partial charge on any atom is -1.00 e. The van der Waals surface area contributed by atoms with Gasteiger partial charge in [-0.3, -0.25) is 4.98 Å². The van der Waals surface area contributed by atoms with E-state index < -0.39 is 0 Å². The number of carbonyl (C=O) groups is 3. The summed E-state index contributed by atoms with van der Waals surface area (Å²) < 4.78 is 17.5. The van der Waals surface area contributed by atoms with Crippen molar-refractivity contribution >= 4 is 99.6 Å². The molecule has 461 valence electrons. The van der Waals surface area contributed by atoms with Crippen LogP contribution in [0.1, 0.15) is 132 Å². The van der Waals surface area contributed by atoms with E-state index in [2.05, 4.69) is 150 Å². The van der Waals surface area contributed by atoms with Crippen LogP contribution < -0.4 is 34.1 Å². The van der Waals surface area contributed by atoms with Crippen LogP contribution in [0, 0.1) is 17.8 Å². The van der Waals surface area contributed by atoms with Crippen LogP contribution in [0.2, 0.25) is 0 Å². The maximum absolute atomic E-state index is 12.7. The van der Waals surface area contributed by atoms with Gasteiger partial charge in [0.1, 0.15) is 21.7 Å². The predicted octanol–water partition coefficient (Wildman–Crippen LogP) is 16.2. The SMILES string of the molecule is CI.COC(=O)c1sc(-c2ccccc2)cc1-c1cc[n+](C)cc1C1=CCC(C)CC1.COC(=O)c1sc(-c2ccccc2)cc1-c1ccncc1C1=CCC(C)CC1.COC(=O)c1sc(-c2ccccc2)cc1C1=C(C2=CCC(C)CC2)CN(C)CC1.[B].[H-].[Na+]. The van der Waals surface area contributed by atoms with Crippen molar-refractivity contribution in [2.24, 2.45) is 24.8 Å². The molecule has 3 radical (unpaired) electrons. The Bertz CT molecular complexity index is 3860. The molecule has 3 aliphatic carbocycles. The van der Waals surface area contributed by atoms with Crippen LogP contribution in [0.4, 0.5) is 0 Å². The van der Waals surface area contributed by atoms with Crippen LogP contribution in [0.5, 0.6) is 0 Å². The minimum absolute atomic E-state index is 0. The molecule has 6 heterocycles. The fraction of sp³-hybridized carbons (Fsp3) is 0.320. The summed E-state index contributed by atoms with van der Waals surface area (Å²) in [7, 11) is 8.59. The van der Waals surface area contributed by atoms with Gasteiger partial charge in [0.05, 0.1) is 21.3 Å². The minimum atomic E-state index is -0.295. The summed E-state index contributed by atoms with van der Waals surface area (Å²) in [6.07, 6.45) is 26.3. The second kappa shape index (κ2) is 34.7. The van der Waals surface area contributed by atoms with Gasteiger partial charge >= 0.3 is 47.5 Å². The number of halogens is 1. The number of pyridine rings is 2. The summed E-state index contributed by atoms with van der Waals surface area (Å²) in [5, 5.41) is 0. The molecule has 4 aliphatic rings. The second-order valence-electron chi connectivity index (χ2n) is 23.3. The summed E-state index contributed by atoms with van der Waals surface area (Å²) in [6, 6.07) is 41.3. The van der Waals surface area contributed by atoms with Gasteiger partial charge in [0.25, 0.3) is 0 Å². The molecule has 8 aromatic rings. The molecule has 9 nitrogen and oxygen atoms in total. The predicted molar refractivity (Wildman–Crippen MR) is 382 cm³/mol.